The summed E-state index contributed by atoms with van der Waals surface area (Å²) < 4.78 is 26.4. The van der Waals surface area contributed by atoms with Crippen LogP contribution in [0.25, 0.3) is 0 Å². The lowest BCUT2D eigenvalue weighted by atomic mass is 10.2. The predicted octanol–water partition coefficient (Wildman–Crippen LogP) is 1.21. The van der Waals surface area contributed by atoms with Crippen LogP contribution in [0.2, 0.25) is 0 Å². The van der Waals surface area contributed by atoms with Gasteiger partial charge in [0.05, 0.1) is 12.6 Å². The molecule has 0 aliphatic carbocycles. The first-order valence-electron chi connectivity index (χ1n) is 5.48. The fourth-order valence-corrected chi connectivity index (χ4v) is 2.01. The SMILES string of the molecule is CN[C@@H]1CN(C(=O)c2cccc(F)c2)C[C@@H]1F. The molecule has 1 fully saturated rings. The largest absolute Gasteiger partial charge is 0.334 e. The highest BCUT2D eigenvalue weighted by Crippen LogP contribution is 2.16. The molecule has 17 heavy (non-hydrogen) atoms. The van der Waals surface area contributed by atoms with Crippen molar-refractivity contribution in [1.82, 2.24) is 10.2 Å². The number of carbonyl (C=O) groups excluding carboxylic acids is 1. The third-order valence-corrected chi connectivity index (χ3v) is 2.98. The number of carbonyl (C=O) groups is 1. The van der Waals surface area contributed by atoms with Crippen LogP contribution in [0.3, 0.4) is 0 Å². The summed E-state index contributed by atoms with van der Waals surface area (Å²) in [4.78, 5) is 13.4. The maximum atomic E-state index is 13.5. The van der Waals surface area contributed by atoms with Crippen molar-refractivity contribution >= 4 is 5.91 Å². The van der Waals surface area contributed by atoms with E-state index in [4.69, 9.17) is 0 Å². The van der Waals surface area contributed by atoms with Gasteiger partial charge in [0.15, 0.2) is 0 Å². The summed E-state index contributed by atoms with van der Waals surface area (Å²) in [5.74, 6) is -0.790. The quantitative estimate of drug-likeness (QED) is 0.842. The fraction of sp³-hybridized carbons (Fsp3) is 0.417. The summed E-state index contributed by atoms with van der Waals surface area (Å²) in [6, 6.07) is 5.11. The third kappa shape index (κ3) is 2.44. The van der Waals surface area contributed by atoms with Crippen LogP contribution in [0.4, 0.5) is 8.78 Å². The van der Waals surface area contributed by atoms with Gasteiger partial charge in [-0.1, -0.05) is 6.07 Å². The number of halogens is 2. The van der Waals surface area contributed by atoms with Crippen LogP contribution >= 0.6 is 0 Å². The molecule has 0 unspecified atom stereocenters. The monoisotopic (exact) mass is 240 g/mol. The number of alkyl halides is 1. The normalized spacial score (nSPS) is 24.1. The van der Waals surface area contributed by atoms with Crippen LogP contribution in [0.5, 0.6) is 0 Å². The van der Waals surface area contributed by atoms with Gasteiger partial charge in [0, 0.05) is 12.1 Å². The second-order valence-corrected chi connectivity index (χ2v) is 4.13. The van der Waals surface area contributed by atoms with Crippen molar-refractivity contribution in [3.63, 3.8) is 0 Å². The molecule has 92 valence electrons. The predicted molar refractivity (Wildman–Crippen MR) is 60.0 cm³/mol. The second-order valence-electron chi connectivity index (χ2n) is 4.13. The average molecular weight is 240 g/mol. The van der Waals surface area contributed by atoms with Crippen molar-refractivity contribution in [3.8, 4) is 0 Å². The zero-order valence-corrected chi connectivity index (χ0v) is 9.49. The van der Waals surface area contributed by atoms with Crippen LogP contribution in [-0.4, -0.2) is 43.2 Å². The lowest BCUT2D eigenvalue weighted by molar-refractivity contribution is 0.0781. The van der Waals surface area contributed by atoms with Gasteiger partial charge >= 0.3 is 0 Å². The van der Waals surface area contributed by atoms with E-state index in [9.17, 15) is 13.6 Å². The topological polar surface area (TPSA) is 32.3 Å². The number of likely N-dealkylation sites (N-methyl/N-ethyl adjacent to an activating group) is 1. The first kappa shape index (κ1) is 12.0. The molecular weight excluding hydrogens is 226 g/mol. The van der Waals surface area contributed by atoms with Gasteiger partial charge in [-0.25, -0.2) is 8.78 Å². The zero-order chi connectivity index (χ0) is 12.4. The summed E-state index contributed by atoms with van der Waals surface area (Å²) in [6.07, 6.45) is -1.07. The minimum atomic E-state index is -1.07. The van der Waals surface area contributed by atoms with Gasteiger partial charge in [-0.05, 0) is 25.2 Å². The first-order valence-corrected chi connectivity index (χ1v) is 5.48. The molecule has 0 spiro atoms. The Morgan fingerprint density at radius 3 is 2.82 bits per heavy atom. The summed E-state index contributed by atoms with van der Waals surface area (Å²) in [7, 11) is 1.66. The van der Waals surface area contributed by atoms with Gasteiger partial charge in [-0.15, -0.1) is 0 Å². The number of benzene rings is 1. The van der Waals surface area contributed by atoms with Gasteiger partial charge in [0.25, 0.3) is 5.91 Å². The molecule has 1 aliphatic rings. The van der Waals surface area contributed by atoms with E-state index in [1.165, 1.54) is 29.2 Å². The Hall–Kier alpha value is -1.49. The van der Waals surface area contributed by atoms with E-state index in [0.29, 0.717) is 6.54 Å². The van der Waals surface area contributed by atoms with Crippen molar-refractivity contribution in [2.45, 2.75) is 12.2 Å². The lowest BCUT2D eigenvalue weighted by Gasteiger charge is -2.15. The van der Waals surface area contributed by atoms with E-state index in [1.54, 1.807) is 7.05 Å². The molecule has 1 aliphatic heterocycles. The van der Waals surface area contributed by atoms with Gasteiger partial charge in [0.1, 0.15) is 12.0 Å². The molecule has 1 aromatic rings. The number of amides is 1. The highest BCUT2D eigenvalue weighted by Gasteiger charge is 2.34. The molecule has 1 amide bonds. The lowest BCUT2D eigenvalue weighted by Crippen LogP contribution is -2.35. The molecule has 2 rings (SSSR count). The molecule has 0 radical (unpaired) electrons. The highest BCUT2D eigenvalue weighted by molar-refractivity contribution is 5.94. The molecule has 0 aromatic heterocycles. The summed E-state index contributed by atoms with van der Waals surface area (Å²) in [5.41, 5.74) is 0.258. The first-order chi connectivity index (χ1) is 8.11. The van der Waals surface area contributed by atoms with Crippen molar-refractivity contribution in [2.75, 3.05) is 20.1 Å². The van der Waals surface area contributed by atoms with Gasteiger partial charge in [-0.2, -0.15) is 0 Å². The zero-order valence-electron chi connectivity index (χ0n) is 9.49. The maximum Gasteiger partial charge on any atom is 0.254 e. The Morgan fingerprint density at radius 1 is 1.47 bits per heavy atom. The van der Waals surface area contributed by atoms with E-state index in [-0.39, 0.29) is 24.1 Å². The third-order valence-electron chi connectivity index (χ3n) is 2.98. The molecule has 5 heteroatoms. The van der Waals surface area contributed by atoms with E-state index in [0.717, 1.165) is 0 Å². The van der Waals surface area contributed by atoms with Crippen LogP contribution in [0.15, 0.2) is 24.3 Å². The summed E-state index contributed by atoms with van der Waals surface area (Å²) >= 11 is 0. The Kier molecular flexibility index (Phi) is 3.38. The van der Waals surface area contributed by atoms with Crippen LogP contribution in [0, 0.1) is 5.82 Å². The Balaban J connectivity index is 2.12. The van der Waals surface area contributed by atoms with E-state index < -0.39 is 12.0 Å². The smallest absolute Gasteiger partial charge is 0.254 e. The Labute approximate surface area is 98.4 Å². The molecular formula is C12H14F2N2O. The Morgan fingerprint density at radius 2 is 2.24 bits per heavy atom. The number of hydrogen-bond acceptors (Lipinski definition) is 2. The molecule has 1 N–H and O–H groups in total. The number of nitrogens with one attached hydrogen (secondary N) is 1. The number of likely N-dealkylation sites (tertiary alicyclic amines) is 1. The standard InChI is InChI=1S/C12H14F2N2O/c1-15-11-7-16(6-10(11)14)12(17)8-3-2-4-9(13)5-8/h2-5,10-11,15H,6-7H2,1H3/t10-,11+/m0/s1. The minimum Gasteiger partial charge on any atom is -0.334 e. The van der Waals surface area contributed by atoms with Crippen LogP contribution in [0.1, 0.15) is 10.4 Å². The fourth-order valence-electron chi connectivity index (χ4n) is 2.01. The minimum absolute atomic E-state index is 0.0564. The Bertz CT molecular complexity index is 425. The highest BCUT2D eigenvalue weighted by atomic mass is 19.1. The van der Waals surface area contributed by atoms with Crippen molar-refractivity contribution < 1.29 is 13.6 Å². The van der Waals surface area contributed by atoms with Gasteiger partial charge < -0.3 is 10.2 Å². The maximum absolute atomic E-state index is 13.5. The molecule has 3 nitrogen and oxygen atoms in total. The molecule has 0 bridgehead atoms. The van der Waals surface area contributed by atoms with Crippen molar-refractivity contribution in [3.05, 3.63) is 35.6 Å². The second kappa shape index (κ2) is 4.79. The van der Waals surface area contributed by atoms with Gasteiger partial charge in [-0.3, -0.25) is 4.79 Å². The van der Waals surface area contributed by atoms with E-state index in [1.807, 2.05) is 0 Å². The van der Waals surface area contributed by atoms with Crippen LogP contribution in [-0.2, 0) is 0 Å². The van der Waals surface area contributed by atoms with Gasteiger partial charge in [0.2, 0.25) is 0 Å². The average Bonchev–Trinajstić information content (AvgIpc) is 2.69. The molecule has 2 atom stereocenters. The molecule has 1 heterocycles. The van der Waals surface area contributed by atoms with E-state index in [2.05, 4.69) is 5.32 Å². The van der Waals surface area contributed by atoms with Crippen molar-refractivity contribution in [1.29, 1.82) is 0 Å². The molecule has 1 aromatic carbocycles. The summed E-state index contributed by atoms with van der Waals surface area (Å²) in [6.45, 7) is 0.369. The molecule has 1 saturated heterocycles. The number of rotatable bonds is 2. The number of hydrogen-bond donors (Lipinski definition) is 1. The number of nitrogens with zero attached hydrogens (tertiary/aromatic N) is 1. The van der Waals surface area contributed by atoms with Crippen LogP contribution < -0.4 is 5.32 Å². The summed E-state index contributed by atoms with van der Waals surface area (Å²) in [5, 5.41) is 2.82. The van der Waals surface area contributed by atoms with E-state index >= 15 is 0 Å². The van der Waals surface area contributed by atoms with Crippen molar-refractivity contribution in [2.24, 2.45) is 0 Å². The molecule has 0 saturated carbocycles.